The zero-order chi connectivity index (χ0) is 13.8. The van der Waals surface area contributed by atoms with E-state index in [1.165, 1.54) is 0 Å². The number of fused-ring (bicyclic) bond motifs is 1. The molecule has 5 nitrogen and oxygen atoms in total. The normalized spacial score (nSPS) is 24.4. The maximum atomic E-state index is 12.1. The quantitative estimate of drug-likeness (QED) is 0.780. The summed E-state index contributed by atoms with van der Waals surface area (Å²) in [6.07, 6.45) is 3.49. The number of rotatable bonds is 4. The van der Waals surface area contributed by atoms with Gasteiger partial charge in [0.05, 0.1) is 17.5 Å². The van der Waals surface area contributed by atoms with Crippen LogP contribution in [0.25, 0.3) is 0 Å². The minimum Gasteiger partial charge on any atom is -0.381 e. The fourth-order valence-electron chi connectivity index (χ4n) is 2.72. The van der Waals surface area contributed by atoms with Crippen LogP contribution in [0.5, 0.6) is 0 Å². The van der Waals surface area contributed by atoms with Crippen LogP contribution < -0.4 is 16.0 Å². The molecule has 1 aromatic carbocycles. The predicted molar refractivity (Wildman–Crippen MR) is 78.9 cm³/mol. The largest absolute Gasteiger partial charge is 0.381 e. The highest BCUT2D eigenvalue weighted by Gasteiger charge is 2.23. The Hall–Kier alpha value is -1.75. The van der Waals surface area contributed by atoms with E-state index in [0.717, 1.165) is 37.2 Å². The Morgan fingerprint density at radius 3 is 3.00 bits per heavy atom. The predicted octanol–water partition coefficient (Wildman–Crippen LogP) is 1.58. The summed E-state index contributed by atoms with van der Waals surface area (Å²) in [6.45, 7) is 2.16. The van der Waals surface area contributed by atoms with Gasteiger partial charge in [0.15, 0.2) is 0 Å². The lowest BCUT2D eigenvalue weighted by atomic mass is 10.1. The maximum absolute atomic E-state index is 12.1. The van der Waals surface area contributed by atoms with E-state index in [9.17, 15) is 4.79 Å². The Morgan fingerprint density at radius 1 is 1.35 bits per heavy atom. The molecule has 3 rings (SSSR count). The lowest BCUT2D eigenvalue weighted by Gasteiger charge is -2.27. The number of amides is 1. The van der Waals surface area contributed by atoms with Crippen molar-refractivity contribution in [2.75, 3.05) is 30.3 Å². The van der Waals surface area contributed by atoms with Crippen LogP contribution >= 0.6 is 0 Å². The average molecular weight is 275 g/mol. The second-order valence-electron chi connectivity index (χ2n) is 5.34. The van der Waals surface area contributed by atoms with Gasteiger partial charge in [-0.15, -0.1) is 0 Å². The molecule has 2 aliphatic rings. The van der Waals surface area contributed by atoms with Crippen LogP contribution in [0.1, 0.15) is 19.3 Å². The molecule has 1 fully saturated rings. The van der Waals surface area contributed by atoms with Crippen molar-refractivity contribution in [2.45, 2.75) is 31.4 Å². The highest BCUT2D eigenvalue weighted by Crippen LogP contribution is 2.25. The molecule has 0 radical (unpaired) electrons. The van der Waals surface area contributed by atoms with Crippen LogP contribution in [0.2, 0.25) is 0 Å². The zero-order valence-corrected chi connectivity index (χ0v) is 11.5. The third kappa shape index (κ3) is 3.04. The van der Waals surface area contributed by atoms with Crippen molar-refractivity contribution in [1.29, 1.82) is 0 Å². The summed E-state index contributed by atoms with van der Waals surface area (Å²) in [7, 11) is 0. The first kappa shape index (κ1) is 13.2. The highest BCUT2D eigenvalue weighted by atomic mass is 16.5. The van der Waals surface area contributed by atoms with Crippen molar-refractivity contribution in [1.82, 2.24) is 5.32 Å². The van der Waals surface area contributed by atoms with Gasteiger partial charge in [-0.1, -0.05) is 12.1 Å². The number of hydrogen-bond donors (Lipinski definition) is 3. The molecular weight excluding hydrogens is 254 g/mol. The van der Waals surface area contributed by atoms with Crippen LogP contribution in [0.15, 0.2) is 24.3 Å². The fourth-order valence-corrected chi connectivity index (χ4v) is 2.72. The standard InChI is InChI=1S/C15H21N3O2/c19-15(16-8-7-11-4-3-9-20-11)14-10-17-12-5-1-2-6-13(12)18-14/h1-2,5-6,11,14,17-18H,3-4,7-10H2,(H,16,19). The van der Waals surface area contributed by atoms with Gasteiger partial charge in [0.25, 0.3) is 0 Å². The zero-order valence-electron chi connectivity index (χ0n) is 11.5. The molecule has 2 aliphatic heterocycles. The van der Waals surface area contributed by atoms with Gasteiger partial charge in [-0.2, -0.15) is 0 Å². The Morgan fingerprint density at radius 2 is 2.20 bits per heavy atom. The van der Waals surface area contributed by atoms with Crippen molar-refractivity contribution >= 4 is 17.3 Å². The summed E-state index contributed by atoms with van der Waals surface area (Å²) < 4.78 is 5.55. The minimum absolute atomic E-state index is 0.0463. The van der Waals surface area contributed by atoms with Crippen molar-refractivity contribution in [3.05, 3.63) is 24.3 Å². The Labute approximate surface area is 119 Å². The first-order valence-corrected chi connectivity index (χ1v) is 7.32. The molecular formula is C15H21N3O2. The summed E-state index contributed by atoms with van der Waals surface area (Å²) >= 11 is 0. The summed E-state index contributed by atoms with van der Waals surface area (Å²) in [4.78, 5) is 12.1. The van der Waals surface area contributed by atoms with Crippen molar-refractivity contribution in [3.63, 3.8) is 0 Å². The lowest BCUT2D eigenvalue weighted by molar-refractivity contribution is -0.121. The van der Waals surface area contributed by atoms with E-state index in [4.69, 9.17) is 4.74 Å². The van der Waals surface area contributed by atoms with Crippen LogP contribution in [0.4, 0.5) is 11.4 Å². The first-order valence-electron chi connectivity index (χ1n) is 7.32. The van der Waals surface area contributed by atoms with Crippen LogP contribution in [0.3, 0.4) is 0 Å². The summed E-state index contributed by atoms with van der Waals surface area (Å²) in [5.41, 5.74) is 2.04. The molecule has 108 valence electrons. The van der Waals surface area contributed by atoms with Gasteiger partial charge in [0.2, 0.25) is 5.91 Å². The van der Waals surface area contributed by atoms with Gasteiger partial charge in [0, 0.05) is 19.7 Å². The van der Waals surface area contributed by atoms with Gasteiger partial charge in [0.1, 0.15) is 6.04 Å². The molecule has 0 saturated carbocycles. The number of hydrogen-bond acceptors (Lipinski definition) is 4. The van der Waals surface area contributed by atoms with E-state index in [1.54, 1.807) is 0 Å². The van der Waals surface area contributed by atoms with E-state index in [2.05, 4.69) is 16.0 Å². The van der Waals surface area contributed by atoms with Gasteiger partial charge in [-0.3, -0.25) is 4.79 Å². The molecule has 0 aliphatic carbocycles. The summed E-state index contributed by atoms with van der Waals surface area (Å²) in [6, 6.07) is 7.72. The van der Waals surface area contributed by atoms with Crippen LogP contribution in [-0.4, -0.2) is 37.7 Å². The molecule has 2 heterocycles. The maximum Gasteiger partial charge on any atom is 0.244 e. The lowest BCUT2D eigenvalue weighted by Crippen LogP contribution is -2.46. The number of ether oxygens (including phenoxy) is 1. The van der Waals surface area contributed by atoms with Crippen molar-refractivity contribution in [3.8, 4) is 0 Å². The topological polar surface area (TPSA) is 62.4 Å². The second-order valence-corrected chi connectivity index (χ2v) is 5.34. The van der Waals surface area contributed by atoms with Crippen LogP contribution in [-0.2, 0) is 9.53 Å². The average Bonchev–Trinajstić information content (AvgIpc) is 3.00. The van der Waals surface area contributed by atoms with E-state index in [-0.39, 0.29) is 11.9 Å². The molecule has 1 aromatic rings. The third-order valence-electron chi connectivity index (χ3n) is 3.86. The second kappa shape index (κ2) is 6.13. The van der Waals surface area contributed by atoms with E-state index in [1.807, 2.05) is 24.3 Å². The van der Waals surface area contributed by atoms with E-state index in [0.29, 0.717) is 19.2 Å². The smallest absolute Gasteiger partial charge is 0.244 e. The van der Waals surface area contributed by atoms with Gasteiger partial charge >= 0.3 is 0 Å². The highest BCUT2D eigenvalue weighted by molar-refractivity contribution is 5.88. The molecule has 0 spiro atoms. The molecule has 2 unspecified atom stereocenters. The van der Waals surface area contributed by atoms with Gasteiger partial charge in [-0.25, -0.2) is 0 Å². The Balaban J connectivity index is 1.46. The molecule has 1 saturated heterocycles. The van der Waals surface area contributed by atoms with Crippen LogP contribution in [0, 0.1) is 0 Å². The van der Waals surface area contributed by atoms with E-state index >= 15 is 0 Å². The fraction of sp³-hybridized carbons (Fsp3) is 0.533. The van der Waals surface area contributed by atoms with Gasteiger partial charge < -0.3 is 20.7 Å². The third-order valence-corrected chi connectivity index (χ3v) is 3.86. The number of benzene rings is 1. The number of carbonyl (C=O) groups excluding carboxylic acids is 1. The number of anilines is 2. The molecule has 2 atom stereocenters. The summed E-state index contributed by atoms with van der Waals surface area (Å²) in [5, 5.41) is 9.54. The molecule has 1 amide bonds. The first-order chi connectivity index (χ1) is 9.83. The monoisotopic (exact) mass is 275 g/mol. The van der Waals surface area contributed by atoms with Gasteiger partial charge in [-0.05, 0) is 31.4 Å². The van der Waals surface area contributed by atoms with E-state index < -0.39 is 0 Å². The molecule has 5 heteroatoms. The number of nitrogens with one attached hydrogen (secondary N) is 3. The van der Waals surface area contributed by atoms with Crippen molar-refractivity contribution in [2.24, 2.45) is 0 Å². The molecule has 20 heavy (non-hydrogen) atoms. The Kier molecular flexibility index (Phi) is 4.06. The molecule has 0 aromatic heterocycles. The van der Waals surface area contributed by atoms with Crippen molar-refractivity contribution < 1.29 is 9.53 Å². The minimum atomic E-state index is -0.214. The molecule has 3 N–H and O–H groups in total. The number of carbonyl (C=O) groups is 1. The summed E-state index contributed by atoms with van der Waals surface area (Å²) in [5.74, 6) is 0.0463. The SMILES string of the molecule is O=C(NCCC1CCCO1)C1CNc2ccccc2N1. The molecule has 0 bridgehead atoms. The Bertz CT molecular complexity index is 472. The number of para-hydroxylation sites is 2.